The molecule has 5 nitrogen and oxygen atoms in total. The van der Waals surface area contributed by atoms with E-state index < -0.39 is 6.17 Å². The monoisotopic (exact) mass is 384 g/mol. The number of benzene rings is 2. The number of nitrogens with zero attached hydrogens (tertiary/aromatic N) is 3. The normalized spacial score (nSPS) is 18.5. The van der Waals surface area contributed by atoms with Gasteiger partial charge in [-0.25, -0.2) is 5.01 Å². The van der Waals surface area contributed by atoms with Crippen LogP contribution in [0.15, 0.2) is 58.6 Å². The summed E-state index contributed by atoms with van der Waals surface area (Å²) in [6.45, 7) is 2.10. The fraction of sp³-hybridized carbons (Fsp3) is 0.211. The number of amidine groups is 1. The number of carbonyl (C=O) groups is 1. The molecular formula is C19H17ClN4OS. The molecule has 2 aliphatic heterocycles. The Labute approximate surface area is 160 Å². The Morgan fingerprint density at radius 3 is 2.73 bits per heavy atom. The molecule has 2 heterocycles. The van der Waals surface area contributed by atoms with Gasteiger partial charge in [0.15, 0.2) is 11.3 Å². The van der Waals surface area contributed by atoms with E-state index in [-0.39, 0.29) is 5.91 Å². The molecule has 0 saturated heterocycles. The first-order chi connectivity index (χ1) is 12.7. The van der Waals surface area contributed by atoms with E-state index in [9.17, 15) is 4.79 Å². The Bertz CT molecular complexity index is 1000. The molecule has 1 N–H and O–H groups in total. The summed E-state index contributed by atoms with van der Waals surface area (Å²) in [5.74, 6) is 0.738. The lowest BCUT2D eigenvalue weighted by atomic mass is 10.1. The number of amides is 1. The van der Waals surface area contributed by atoms with Crippen LogP contribution in [0.2, 0.25) is 5.02 Å². The van der Waals surface area contributed by atoms with Gasteiger partial charge in [-0.2, -0.15) is 0 Å². The van der Waals surface area contributed by atoms with Crippen molar-refractivity contribution in [1.82, 2.24) is 10.3 Å². The van der Waals surface area contributed by atoms with Crippen LogP contribution in [0, 0.1) is 0 Å². The first-order valence-corrected chi connectivity index (χ1v) is 9.78. The van der Waals surface area contributed by atoms with Gasteiger partial charge >= 0.3 is 0 Å². The molecule has 132 valence electrons. The lowest BCUT2D eigenvalue weighted by molar-refractivity contribution is -0.116. The number of halogens is 1. The molecule has 1 amide bonds. The number of rotatable bonds is 3. The summed E-state index contributed by atoms with van der Waals surface area (Å²) in [4.78, 5) is 17.7. The van der Waals surface area contributed by atoms with Crippen molar-refractivity contribution in [2.45, 2.75) is 19.5 Å². The second-order valence-electron chi connectivity index (χ2n) is 5.97. The number of fused-ring (bicyclic) bond motifs is 2. The fourth-order valence-electron chi connectivity index (χ4n) is 2.94. The lowest BCUT2D eigenvalue weighted by Crippen LogP contribution is -2.50. The minimum absolute atomic E-state index is 0.153. The smallest absolute Gasteiger partial charge is 0.276 e. The first-order valence-electron chi connectivity index (χ1n) is 8.42. The van der Waals surface area contributed by atoms with Gasteiger partial charge < -0.3 is 0 Å². The topological polar surface area (TPSA) is 57.1 Å². The Kier molecular flexibility index (Phi) is 4.70. The van der Waals surface area contributed by atoms with E-state index in [4.69, 9.17) is 16.6 Å². The summed E-state index contributed by atoms with van der Waals surface area (Å²) < 4.78 is 0. The number of hydrogen-bond donors (Lipinski definition) is 1. The molecule has 2 aromatic carbocycles. The zero-order chi connectivity index (χ0) is 18.1. The number of nitrogens with one attached hydrogen (secondary N) is 1. The second kappa shape index (κ2) is 7.13. The van der Waals surface area contributed by atoms with Crippen molar-refractivity contribution in [3.05, 3.63) is 69.7 Å². The van der Waals surface area contributed by atoms with Gasteiger partial charge in [0.2, 0.25) is 0 Å². The van der Waals surface area contributed by atoms with Crippen molar-refractivity contribution in [2.24, 2.45) is 10.1 Å². The number of para-hydroxylation sites is 1. The average Bonchev–Trinajstić information content (AvgIpc) is 2.66. The van der Waals surface area contributed by atoms with Crippen LogP contribution in [0.4, 0.5) is 0 Å². The zero-order valence-corrected chi connectivity index (χ0v) is 15.7. The first kappa shape index (κ1) is 17.1. The molecule has 1 unspecified atom stereocenters. The average molecular weight is 385 g/mol. The van der Waals surface area contributed by atoms with Crippen LogP contribution in [0.1, 0.15) is 25.1 Å². The van der Waals surface area contributed by atoms with Crippen molar-refractivity contribution >= 4 is 40.1 Å². The predicted molar refractivity (Wildman–Crippen MR) is 105 cm³/mol. The van der Waals surface area contributed by atoms with Gasteiger partial charge in [0.1, 0.15) is 5.70 Å². The van der Waals surface area contributed by atoms with Gasteiger partial charge in [-0.05, 0) is 30.2 Å². The summed E-state index contributed by atoms with van der Waals surface area (Å²) in [7, 11) is 0. The molecule has 0 aliphatic carbocycles. The van der Waals surface area contributed by atoms with E-state index in [1.807, 2.05) is 48.5 Å². The molecule has 7 heteroatoms. The van der Waals surface area contributed by atoms with E-state index in [1.54, 1.807) is 5.01 Å². The SMILES string of the molecule is CCCSC1=NN2C(=c3ccccc3=NC2c2ccc(Cl)cc2)C(=O)N1. The molecule has 4 rings (SSSR count). The standard InChI is InChI=1S/C19H17ClN4OS/c1-2-11-26-19-22-18(25)16-14-5-3-4-6-15(14)21-17(24(16)23-19)12-7-9-13(20)10-8-12/h3-10,17H,2,11H2,1H3,(H,22,23,25). The molecule has 26 heavy (non-hydrogen) atoms. The van der Waals surface area contributed by atoms with Crippen LogP contribution < -0.4 is 15.9 Å². The number of hydrazone groups is 1. The van der Waals surface area contributed by atoms with Gasteiger partial charge in [0, 0.05) is 16.0 Å². The third kappa shape index (κ3) is 3.10. The molecule has 0 aromatic heterocycles. The maximum atomic E-state index is 12.8. The minimum Gasteiger partial charge on any atom is -0.298 e. The summed E-state index contributed by atoms with van der Waals surface area (Å²) in [5.41, 5.74) is 1.45. The molecule has 0 fully saturated rings. The van der Waals surface area contributed by atoms with Gasteiger partial charge in [0.05, 0.1) is 5.36 Å². The summed E-state index contributed by atoms with van der Waals surface area (Å²) in [6, 6.07) is 15.1. The molecule has 0 bridgehead atoms. The van der Waals surface area contributed by atoms with Crippen molar-refractivity contribution in [3.8, 4) is 0 Å². The summed E-state index contributed by atoms with van der Waals surface area (Å²) in [5, 5.41) is 12.2. The summed E-state index contributed by atoms with van der Waals surface area (Å²) in [6.07, 6.45) is 0.602. The molecule has 0 radical (unpaired) electrons. The van der Waals surface area contributed by atoms with Crippen LogP contribution in [-0.2, 0) is 4.79 Å². The molecular weight excluding hydrogens is 368 g/mol. The van der Waals surface area contributed by atoms with Gasteiger partial charge in [-0.15, -0.1) is 5.10 Å². The van der Waals surface area contributed by atoms with Gasteiger partial charge in [0.25, 0.3) is 5.91 Å². The quantitative estimate of drug-likeness (QED) is 0.885. The van der Waals surface area contributed by atoms with E-state index in [0.29, 0.717) is 15.9 Å². The van der Waals surface area contributed by atoms with Crippen molar-refractivity contribution < 1.29 is 4.79 Å². The van der Waals surface area contributed by atoms with Crippen LogP contribution in [-0.4, -0.2) is 21.8 Å². The highest BCUT2D eigenvalue weighted by molar-refractivity contribution is 8.13. The highest BCUT2D eigenvalue weighted by Gasteiger charge is 2.34. The maximum absolute atomic E-state index is 12.8. The van der Waals surface area contributed by atoms with Crippen molar-refractivity contribution in [3.63, 3.8) is 0 Å². The molecule has 0 spiro atoms. The van der Waals surface area contributed by atoms with Gasteiger partial charge in [-0.3, -0.25) is 15.1 Å². The molecule has 2 aromatic rings. The molecule has 0 saturated carbocycles. The number of thioether (sulfide) groups is 1. The van der Waals surface area contributed by atoms with E-state index in [0.717, 1.165) is 28.3 Å². The minimum atomic E-state index is -0.402. The Hall–Kier alpha value is -2.31. The van der Waals surface area contributed by atoms with Crippen molar-refractivity contribution in [1.29, 1.82) is 0 Å². The van der Waals surface area contributed by atoms with Crippen LogP contribution in [0.3, 0.4) is 0 Å². The largest absolute Gasteiger partial charge is 0.298 e. The van der Waals surface area contributed by atoms with Crippen LogP contribution in [0.25, 0.3) is 5.70 Å². The van der Waals surface area contributed by atoms with E-state index in [2.05, 4.69) is 17.3 Å². The van der Waals surface area contributed by atoms with Crippen molar-refractivity contribution in [2.75, 3.05) is 5.75 Å². The van der Waals surface area contributed by atoms with Gasteiger partial charge in [-0.1, -0.05) is 60.6 Å². The fourth-order valence-corrected chi connectivity index (χ4v) is 3.78. The Balaban J connectivity index is 1.89. The number of carbonyl (C=O) groups excluding carboxylic acids is 1. The maximum Gasteiger partial charge on any atom is 0.276 e. The van der Waals surface area contributed by atoms with Crippen LogP contribution >= 0.6 is 23.4 Å². The third-order valence-corrected chi connectivity index (χ3v) is 5.45. The number of hydrogen-bond acceptors (Lipinski definition) is 5. The zero-order valence-electron chi connectivity index (χ0n) is 14.1. The highest BCUT2D eigenvalue weighted by Crippen LogP contribution is 2.31. The summed E-state index contributed by atoms with van der Waals surface area (Å²) >= 11 is 7.57. The molecule has 1 atom stereocenters. The highest BCUT2D eigenvalue weighted by atomic mass is 35.5. The third-order valence-electron chi connectivity index (χ3n) is 4.13. The van der Waals surface area contributed by atoms with E-state index in [1.165, 1.54) is 11.8 Å². The Morgan fingerprint density at radius 1 is 1.19 bits per heavy atom. The predicted octanol–water partition coefficient (Wildman–Crippen LogP) is 2.63. The Morgan fingerprint density at radius 2 is 1.96 bits per heavy atom. The van der Waals surface area contributed by atoms with Crippen LogP contribution in [0.5, 0.6) is 0 Å². The lowest BCUT2D eigenvalue weighted by Gasteiger charge is -2.34. The van der Waals surface area contributed by atoms with E-state index >= 15 is 0 Å². The second-order valence-corrected chi connectivity index (χ2v) is 7.49. The molecule has 2 aliphatic rings.